The maximum absolute atomic E-state index is 11.5. The predicted molar refractivity (Wildman–Crippen MR) is 63.9 cm³/mol. The van der Waals surface area contributed by atoms with Gasteiger partial charge in [0.25, 0.3) is 0 Å². The van der Waals surface area contributed by atoms with E-state index in [1.165, 1.54) is 0 Å². The lowest BCUT2D eigenvalue weighted by Gasteiger charge is -2.25. The number of carbonyl (C=O) groups is 1. The van der Waals surface area contributed by atoms with Crippen LogP contribution in [0, 0.1) is 11.3 Å². The standard InChI is InChI=1S/C13H12ClNO2/c14-11-4-3-9(8-15)7-10(11)13(12(16)17)5-1-2-6-13/h3-4,7H,1-2,5-6H2,(H,16,17). The average molecular weight is 250 g/mol. The summed E-state index contributed by atoms with van der Waals surface area (Å²) in [6.45, 7) is 0. The first-order valence-electron chi connectivity index (χ1n) is 5.54. The normalized spacial score (nSPS) is 17.6. The van der Waals surface area contributed by atoms with Crippen LogP contribution in [-0.4, -0.2) is 11.1 Å². The summed E-state index contributed by atoms with van der Waals surface area (Å²) >= 11 is 6.09. The van der Waals surface area contributed by atoms with Crippen molar-refractivity contribution in [1.82, 2.24) is 0 Å². The molecule has 0 aliphatic heterocycles. The van der Waals surface area contributed by atoms with Crippen molar-refractivity contribution in [2.75, 3.05) is 0 Å². The maximum atomic E-state index is 11.5. The van der Waals surface area contributed by atoms with Crippen molar-refractivity contribution in [2.24, 2.45) is 0 Å². The van der Waals surface area contributed by atoms with Gasteiger partial charge in [-0.15, -0.1) is 0 Å². The second kappa shape index (κ2) is 4.38. The van der Waals surface area contributed by atoms with E-state index in [2.05, 4.69) is 0 Å². The molecule has 1 aliphatic rings. The number of rotatable bonds is 2. The van der Waals surface area contributed by atoms with Crippen molar-refractivity contribution < 1.29 is 9.90 Å². The van der Waals surface area contributed by atoms with Gasteiger partial charge in [-0.1, -0.05) is 24.4 Å². The molecular weight excluding hydrogens is 238 g/mol. The molecule has 3 nitrogen and oxygen atoms in total. The van der Waals surface area contributed by atoms with Crippen LogP contribution in [0.5, 0.6) is 0 Å². The monoisotopic (exact) mass is 249 g/mol. The second-order valence-corrected chi connectivity index (χ2v) is 4.81. The van der Waals surface area contributed by atoms with E-state index < -0.39 is 11.4 Å². The Morgan fingerprint density at radius 3 is 2.59 bits per heavy atom. The van der Waals surface area contributed by atoms with Gasteiger partial charge in [0.2, 0.25) is 0 Å². The fraction of sp³-hybridized carbons (Fsp3) is 0.385. The first kappa shape index (κ1) is 11.9. The van der Waals surface area contributed by atoms with E-state index >= 15 is 0 Å². The smallest absolute Gasteiger partial charge is 0.314 e. The number of hydrogen-bond donors (Lipinski definition) is 1. The first-order valence-corrected chi connectivity index (χ1v) is 5.91. The average Bonchev–Trinajstić information content (AvgIpc) is 2.80. The molecule has 0 atom stereocenters. The van der Waals surface area contributed by atoms with Gasteiger partial charge in [0.05, 0.1) is 17.0 Å². The van der Waals surface area contributed by atoms with Crippen molar-refractivity contribution in [3.05, 3.63) is 34.3 Å². The minimum absolute atomic E-state index is 0.438. The van der Waals surface area contributed by atoms with Crippen LogP contribution >= 0.6 is 11.6 Å². The van der Waals surface area contributed by atoms with Crippen LogP contribution in [0.4, 0.5) is 0 Å². The quantitative estimate of drug-likeness (QED) is 0.876. The second-order valence-electron chi connectivity index (χ2n) is 4.40. The molecule has 1 saturated carbocycles. The number of carboxylic acids is 1. The molecule has 0 radical (unpaired) electrons. The Hall–Kier alpha value is -1.53. The van der Waals surface area contributed by atoms with E-state index in [-0.39, 0.29) is 0 Å². The molecule has 1 fully saturated rings. The highest BCUT2D eigenvalue weighted by molar-refractivity contribution is 6.31. The zero-order valence-electron chi connectivity index (χ0n) is 9.24. The third-order valence-corrected chi connectivity index (χ3v) is 3.81. The van der Waals surface area contributed by atoms with E-state index in [0.29, 0.717) is 29.0 Å². The third kappa shape index (κ3) is 1.89. The van der Waals surface area contributed by atoms with Crippen LogP contribution in [0.3, 0.4) is 0 Å². The Morgan fingerprint density at radius 1 is 1.41 bits per heavy atom. The highest BCUT2D eigenvalue weighted by atomic mass is 35.5. The minimum atomic E-state index is -0.899. The van der Waals surface area contributed by atoms with Gasteiger partial charge in [-0.2, -0.15) is 5.26 Å². The summed E-state index contributed by atoms with van der Waals surface area (Å²) in [4.78, 5) is 11.5. The van der Waals surface area contributed by atoms with Crippen molar-refractivity contribution in [3.63, 3.8) is 0 Å². The molecule has 0 heterocycles. The molecule has 1 N–H and O–H groups in total. The van der Waals surface area contributed by atoms with Gasteiger partial charge >= 0.3 is 5.97 Å². The molecule has 2 rings (SSSR count). The summed E-state index contributed by atoms with van der Waals surface area (Å²) in [5.41, 5.74) is 0.143. The van der Waals surface area contributed by atoms with Gasteiger partial charge in [0, 0.05) is 5.02 Å². The van der Waals surface area contributed by atoms with E-state index in [1.807, 2.05) is 6.07 Å². The predicted octanol–water partition coefficient (Wildman–Crippen LogP) is 3.11. The molecule has 1 aliphatic carbocycles. The Morgan fingerprint density at radius 2 is 2.06 bits per heavy atom. The number of aliphatic carboxylic acids is 1. The Balaban J connectivity index is 2.58. The Kier molecular flexibility index (Phi) is 3.08. The number of carboxylic acid groups (broad SMARTS) is 1. The van der Waals surface area contributed by atoms with E-state index in [9.17, 15) is 9.90 Å². The van der Waals surface area contributed by atoms with Crippen LogP contribution in [0.15, 0.2) is 18.2 Å². The number of hydrogen-bond acceptors (Lipinski definition) is 2. The summed E-state index contributed by atoms with van der Waals surface area (Å²) in [5, 5.41) is 18.8. The summed E-state index contributed by atoms with van der Waals surface area (Å²) in [5.74, 6) is -0.841. The van der Waals surface area contributed by atoms with Gasteiger partial charge in [0.15, 0.2) is 0 Å². The summed E-state index contributed by atoms with van der Waals surface area (Å²) in [7, 11) is 0. The summed E-state index contributed by atoms with van der Waals surface area (Å²) in [6.07, 6.45) is 2.96. The van der Waals surface area contributed by atoms with E-state index in [0.717, 1.165) is 12.8 Å². The van der Waals surface area contributed by atoms with Crippen molar-refractivity contribution >= 4 is 17.6 Å². The summed E-state index contributed by atoms with van der Waals surface area (Å²) < 4.78 is 0. The fourth-order valence-electron chi connectivity index (χ4n) is 2.54. The molecular formula is C13H12ClNO2. The minimum Gasteiger partial charge on any atom is -0.481 e. The molecule has 0 bridgehead atoms. The van der Waals surface area contributed by atoms with Crippen LogP contribution in [0.1, 0.15) is 36.8 Å². The zero-order valence-corrected chi connectivity index (χ0v) is 10.00. The highest BCUT2D eigenvalue weighted by Crippen LogP contribution is 2.44. The number of nitriles is 1. The van der Waals surface area contributed by atoms with Gasteiger partial charge in [-0.25, -0.2) is 0 Å². The number of benzene rings is 1. The van der Waals surface area contributed by atoms with E-state index in [1.54, 1.807) is 18.2 Å². The number of nitrogens with zero attached hydrogens (tertiary/aromatic N) is 1. The van der Waals surface area contributed by atoms with Crippen molar-refractivity contribution in [1.29, 1.82) is 5.26 Å². The third-order valence-electron chi connectivity index (χ3n) is 3.48. The topological polar surface area (TPSA) is 61.1 Å². The molecule has 0 spiro atoms. The fourth-order valence-corrected chi connectivity index (χ4v) is 2.84. The lowest BCUT2D eigenvalue weighted by Crippen LogP contribution is -2.33. The zero-order chi connectivity index (χ0) is 12.5. The molecule has 0 amide bonds. The lowest BCUT2D eigenvalue weighted by atomic mass is 9.78. The highest BCUT2D eigenvalue weighted by Gasteiger charge is 2.44. The SMILES string of the molecule is N#Cc1ccc(Cl)c(C2(C(=O)O)CCCC2)c1. The summed E-state index contributed by atoms with van der Waals surface area (Å²) in [6, 6.07) is 6.85. The van der Waals surface area contributed by atoms with Crippen molar-refractivity contribution in [3.8, 4) is 6.07 Å². The largest absolute Gasteiger partial charge is 0.481 e. The van der Waals surface area contributed by atoms with Crippen molar-refractivity contribution in [2.45, 2.75) is 31.1 Å². The lowest BCUT2D eigenvalue weighted by molar-refractivity contribution is -0.143. The Labute approximate surface area is 105 Å². The van der Waals surface area contributed by atoms with Gasteiger partial charge in [0.1, 0.15) is 0 Å². The van der Waals surface area contributed by atoms with Gasteiger partial charge < -0.3 is 5.11 Å². The first-order chi connectivity index (χ1) is 8.10. The molecule has 0 saturated heterocycles. The van der Waals surface area contributed by atoms with E-state index in [4.69, 9.17) is 16.9 Å². The maximum Gasteiger partial charge on any atom is 0.314 e. The molecule has 17 heavy (non-hydrogen) atoms. The molecule has 0 aromatic heterocycles. The van der Waals surface area contributed by atoms with Crippen LogP contribution in [0.25, 0.3) is 0 Å². The molecule has 1 aromatic carbocycles. The van der Waals surface area contributed by atoms with Crippen LogP contribution < -0.4 is 0 Å². The molecule has 4 heteroatoms. The molecule has 0 unspecified atom stereocenters. The van der Waals surface area contributed by atoms with Crippen LogP contribution in [-0.2, 0) is 10.2 Å². The molecule has 1 aromatic rings. The van der Waals surface area contributed by atoms with Crippen LogP contribution in [0.2, 0.25) is 5.02 Å². The Bertz CT molecular complexity index is 499. The molecule has 88 valence electrons. The van der Waals surface area contributed by atoms with Gasteiger partial charge in [-0.05, 0) is 36.6 Å². The van der Waals surface area contributed by atoms with Gasteiger partial charge in [-0.3, -0.25) is 4.79 Å². The number of halogens is 1.